The molecule has 2 aromatic rings. The number of amides is 2. The van der Waals surface area contributed by atoms with Crippen LogP contribution < -0.4 is 10.1 Å². The molecule has 1 aliphatic rings. The summed E-state index contributed by atoms with van der Waals surface area (Å²) >= 11 is 0. The van der Waals surface area contributed by atoms with E-state index >= 15 is 0 Å². The molecule has 3 rings (SSSR count). The van der Waals surface area contributed by atoms with E-state index in [0.29, 0.717) is 17.5 Å². The van der Waals surface area contributed by atoms with Gasteiger partial charge in [-0.25, -0.2) is 9.18 Å². The van der Waals surface area contributed by atoms with E-state index < -0.39 is 5.82 Å². The van der Waals surface area contributed by atoms with Gasteiger partial charge in [-0.1, -0.05) is 12.1 Å². The van der Waals surface area contributed by atoms with Gasteiger partial charge < -0.3 is 19.9 Å². The number of benzene rings is 2. The molecule has 1 heterocycles. The molecule has 0 radical (unpaired) electrons. The molecule has 2 amide bonds. The Hall–Kier alpha value is -2.60. The molecule has 0 saturated carbocycles. The molecule has 0 spiro atoms. The van der Waals surface area contributed by atoms with Crippen LogP contribution in [0, 0.1) is 5.82 Å². The largest absolute Gasteiger partial charge is 0.454 e. The number of nitrogens with zero attached hydrogens (tertiary/aromatic N) is 2. The van der Waals surface area contributed by atoms with Crippen LogP contribution in [-0.4, -0.2) is 49.1 Å². The van der Waals surface area contributed by atoms with E-state index in [1.807, 2.05) is 4.90 Å². The van der Waals surface area contributed by atoms with E-state index in [0.717, 1.165) is 32.4 Å². The van der Waals surface area contributed by atoms with Gasteiger partial charge in [-0.05, 0) is 69.8 Å². The molecule has 144 valence electrons. The fourth-order valence-electron chi connectivity index (χ4n) is 3.26. The molecule has 1 saturated heterocycles. The van der Waals surface area contributed by atoms with E-state index in [2.05, 4.69) is 24.3 Å². The van der Waals surface area contributed by atoms with Gasteiger partial charge in [0, 0.05) is 24.8 Å². The summed E-state index contributed by atoms with van der Waals surface area (Å²) in [5, 5.41) is 2.93. The monoisotopic (exact) mass is 371 g/mol. The van der Waals surface area contributed by atoms with Gasteiger partial charge in [-0.15, -0.1) is 0 Å². The van der Waals surface area contributed by atoms with Crippen molar-refractivity contribution < 1.29 is 13.9 Å². The second-order valence-corrected chi connectivity index (χ2v) is 7.02. The Morgan fingerprint density at radius 1 is 1.11 bits per heavy atom. The number of para-hydroxylation sites is 1. The van der Waals surface area contributed by atoms with Gasteiger partial charge in [0.05, 0.1) is 0 Å². The summed E-state index contributed by atoms with van der Waals surface area (Å²) < 4.78 is 19.2. The lowest BCUT2D eigenvalue weighted by Crippen LogP contribution is -2.36. The minimum absolute atomic E-state index is 0.0859. The molecule has 1 atom stereocenters. The number of hydrogen-bond acceptors (Lipinski definition) is 3. The van der Waals surface area contributed by atoms with Gasteiger partial charge in [-0.3, -0.25) is 0 Å². The zero-order chi connectivity index (χ0) is 19.2. The highest BCUT2D eigenvalue weighted by Gasteiger charge is 2.21. The summed E-state index contributed by atoms with van der Waals surface area (Å²) in [6, 6.07) is 13.6. The predicted molar refractivity (Wildman–Crippen MR) is 105 cm³/mol. The zero-order valence-corrected chi connectivity index (χ0v) is 15.8. The lowest BCUT2D eigenvalue weighted by molar-refractivity contribution is 0.210. The maximum Gasteiger partial charge on any atom is 0.321 e. The molecule has 0 aromatic heterocycles. The third-order valence-electron chi connectivity index (χ3n) is 4.89. The fraction of sp³-hybridized carbons (Fsp3) is 0.381. The van der Waals surface area contributed by atoms with Crippen molar-refractivity contribution in [2.24, 2.45) is 0 Å². The fourth-order valence-corrected chi connectivity index (χ4v) is 3.26. The molecule has 2 aromatic carbocycles. The van der Waals surface area contributed by atoms with Crippen LogP contribution in [0.5, 0.6) is 11.5 Å². The average molecular weight is 371 g/mol. The molecule has 1 aliphatic heterocycles. The Bertz CT molecular complexity index is 764. The molecular weight excluding hydrogens is 345 g/mol. The highest BCUT2D eigenvalue weighted by Crippen LogP contribution is 2.25. The van der Waals surface area contributed by atoms with Gasteiger partial charge in [0.1, 0.15) is 5.75 Å². The molecule has 0 bridgehead atoms. The second kappa shape index (κ2) is 8.86. The highest BCUT2D eigenvalue weighted by atomic mass is 19.1. The van der Waals surface area contributed by atoms with Crippen molar-refractivity contribution in [3.63, 3.8) is 0 Å². The first-order valence-electron chi connectivity index (χ1n) is 9.28. The van der Waals surface area contributed by atoms with Crippen molar-refractivity contribution in [3.05, 3.63) is 54.3 Å². The maximum atomic E-state index is 13.7. The normalized spacial score (nSPS) is 17.5. The van der Waals surface area contributed by atoms with Crippen LogP contribution in [0.25, 0.3) is 0 Å². The smallest absolute Gasteiger partial charge is 0.321 e. The Kier molecular flexibility index (Phi) is 6.29. The van der Waals surface area contributed by atoms with Crippen LogP contribution in [0.1, 0.15) is 19.3 Å². The molecule has 0 unspecified atom stereocenters. The van der Waals surface area contributed by atoms with Crippen molar-refractivity contribution in [1.29, 1.82) is 0 Å². The number of nitrogens with one attached hydrogen (secondary N) is 1. The third-order valence-corrected chi connectivity index (χ3v) is 4.89. The Labute approximate surface area is 159 Å². The average Bonchev–Trinajstić information content (AvgIpc) is 2.92. The topological polar surface area (TPSA) is 44.8 Å². The summed E-state index contributed by atoms with van der Waals surface area (Å²) in [5.74, 6) is 0.281. The van der Waals surface area contributed by atoms with Gasteiger partial charge in [-0.2, -0.15) is 0 Å². The van der Waals surface area contributed by atoms with E-state index in [1.54, 1.807) is 42.5 Å². The Morgan fingerprint density at radius 3 is 2.56 bits per heavy atom. The summed E-state index contributed by atoms with van der Waals surface area (Å²) in [6.07, 6.45) is 3.10. The first-order valence-corrected chi connectivity index (χ1v) is 9.28. The number of likely N-dealkylation sites (tertiary alicyclic amines) is 1. The number of ether oxygens (including phenoxy) is 1. The first-order chi connectivity index (χ1) is 13.0. The van der Waals surface area contributed by atoms with Crippen LogP contribution in [-0.2, 0) is 0 Å². The van der Waals surface area contributed by atoms with Crippen molar-refractivity contribution in [2.45, 2.75) is 25.3 Å². The number of carbonyl (C=O) groups excluding carboxylic acids is 1. The molecule has 5 nitrogen and oxygen atoms in total. The number of rotatable bonds is 4. The van der Waals surface area contributed by atoms with E-state index in [-0.39, 0.29) is 11.8 Å². The Balaban J connectivity index is 1.56. The lowest BCUT2D eigenvalue weighted by Gasteiger charge is -2.23. The SMILES string of the molecule is CN(C)[C@H]1CCCN(C(=O)Nc2ccc(Oc3ccccc3F)cc2)CC1. The minimum Gasteiger partial charge on any atom is -0.454 e. The highest BCUT2D eigenvalue weighted by molar-refractivity contribution is 5.89. The van der Waals surface area contributed by atoms with Crippen LogP contribution in [0.15, 0.2) is 48.5 Å². The number of carbonyl (C=O) groups is 1. The van der Waals surface area contributed by atoms with Crippen LogP contribution in [0.2, 0.25) is 0 Å². The first kappa shape index (κ1) is 19.2. The van der Waals surface area contributed by atoms with Gasteiger partial charge in [0.15, 0.2) is 11.6 Å². The van der Waals surface area contributed by atoms with E-state index in [9.17, 15) is 9.18 Å². The third kappa shape index (κ3) is 5.20. The van der Waals surface area contributed by atoms with Crippen LogP contribution in [0.4, 0.5) is 14.9 Å². The zero-order valence-electron chi connectivity index (χ0n) is 15.8. The van der Waals surface area contributed by atoms with Gasteiger partial charge in [0.25, 0.3) is 0 Å². The van der Waals surface area contributed by atoms with Crippen molar-refractivity contribution >= 4 is 11.7 Å². The molecule has 1 N–H and O–H groups in total. The summed E-state index contributed by atoms with van der Waals surface area (Å²) in [4.78, 5) is 16.6. The van der Waals surface area contributed by atoms with E-state index in [1.165, 1.54) is 6.07 Å². The molecule has 6 heteroatoms. The number of halogens is 1. The van der Waals surface area contributed by atoms with Crippen molar-refractivity contribution in [3.8, 4) is 11.5 Å². The standard InChI is InChI=1S/C21H26FN3O2/c1-24(2)17-6-5-14-25(15-13-17)21(26)23-16-9-11-18(12-10-16)27-20-8-4-3-7-19(20)22/h3-4,7-12,17H,5-6,13-15H2,1-2H3,(H,23,26)/t17-/m0/s1. The lowest BCUT2D eigenvalue weighted by atomic mass is 10.1. The molecule has 1 fully saturated rings. The predicted octanol–water partition coefficient (Wildman–Crippen LogP) is 4.57. The summed E-state index contributed by atoms with van der Waals surface area (Å²) in [7, 11) is 4.18. The van der Waals surface area contributed by atoms with Gasteiger partial charge >= 0.3 is 6.03 Å². The number of anilines is 1. The van der Waals surface area contributed by atoms with Gasteiger partial charge in [0.2, 0.25) is 0 Å². The van der Waals surface area contributed by atoms with Crippen LogP contribution >= 0.6 is 0 Å². The summed E-state index contributed by atoms with van der Waals surface area (Å²) in [6.45, 7) is 1.52. The molecule has 27 heavy (non-hydrogen) atoms. The van der Waals surface area contributed by atoms with Crippen LogP contribution in [0.3, 0.4) is 0 Å². The molecule has 0 aliphatic carbocycles. The summed E-state index contributed by atoms with van der Waals surface area (Å²) in [5.41, 5.74) is 0.689. The Morgan fingerprint density at radius 2 is 1.85 bits per heavy atom. The maximum absolute atomic E-state index is 13.7. The van der Waals surface area contributed by atoms with E-state index in [4.69, 9.17) is 4.74 Å². The van der Waals surface area contributed by atoms with Crippen molar-refractivity contribution in [1.82, 2.24) is 9.80 Å². The minimum atomic E-state index is -0.410. The number of hydrogen-bond donors (Lipinski definition) is 1. The molecular formula is C21H26FN3O2. The van der Waals surface area contributed by atoms with Crippen molar-refractivity contribution in [2.75, 3.05) is 32.5 Å². The second-order valence-electron chi connectivity index (χ2n) is 7.02. The number of urea groups is 1. The quantitative estimate of drug-likeness (QED) is 0.856.